The zero-order valence-electron chi connectivity index (χ0n) is 17.2. The molecule has 30 heavy (non-hydrogen) atoms. The number of likely N-dealkylation sites (N-methyl/N-ethyl adjacent to an activating group) is 1. The molecule has 0 aliphatic heterocycles. The van der Waals surface area contributed by atoms with E-state index in [2.05, 4.69) is 22.9 Å². The van der Waals surface area contributed by atoms with Crippen LogP contribution in [-0.4, -0.2) is 38.8 Å². The van der Waals surface area contributed by atoms with Crippen LogP contribution in [0.4, 0.5) is 5.95 Å². The summed E-state index contributed by atoms with van der Waals surface area (Å²) < 4.78 is 4.18. The van der Waals surface area contributed by atoms with E-state index < -0.39 is 11.2 Å². The monoisotopic (exact) mass is 405 g/mol. The minimum Gasteiger partial charge on any atom is -0.344 e. The second kappa shape index (κ2) is 8.68. The van der Waals surface area contributed by atoms with Gasteiger partial charge in [-0.15, -0.1) is 5.92 Å². The van der Waals surface area contributed by atoms with E-state index in [0.29, 0.717) is 30.2 Å². The average molecular weight is 405 g/mol. The normalized spacial score (nSPS) is 10.5. The summed E-state index contributed by atoms with van der Waals surface area (Å²) in [5.41, 5.74) is 6.29. The fourth-order valence-electron chi connectivity index (χ4n) is 3.33. The van der Waals surface area contributed by atoms with Gasteiger partial charge in [0.1, 0.15) is 0 Å². The molecule has 2 aromatic heterocycles. The molecule has 0 radical (unpaired) electrons. The standard InChI is InChI=1S/C21H23N7O2/c1-4-5-11-27-17-18(24-20(27)25(2)12-10-22)26(3)21(30)28(19(17)29)14-16-9-7-6-8-15(16)13-23/h6-9H,10-12,14,22H2,1-3H3. The second-order valence-electron chi connectivity index (χ2n) is 6.81. The first-order valence-electron chi connectivity index (χ1n) is 9.43. The van der Waals surface area contributed by atoms with Crippen molar-refractivity contribution in [3.63, 3.8) is 0 Å². The second-order valence-corrected chi connectivity index (χ2v) is 6.81. The molecule has 0 bridgehead atoms. The first-order chi connectivity index (χ1) is 14.4. The Labute approximate surface area is 173 Å². The van der Waals surface area contributed by atoms with E-state index in [1.807, 2.05) is 11.9 Å². The number of benzene rings is 1. The number of hydrogen-bond acceptors (Lipinski definition) is 6. The van der Waals surface area contributed by atoms with E-state index in [1.54, 1.807) is 42.8 Å². The summed E-state index contributed by atoms with van der Waals surface area (Å²) in [5.74, 6) is 6.31. The van der Waals surface area contributed by atoms with Gasteiger partial charge in [-0.05, 0) is 18.6 Å². The number of aromatic nitrogens is 4. The minimum absolute atomic E-state index is 0.0101. The van der Waals surface area contributed by atoms with Gasteiger partial charge in [-0.2, -0.15) is 10.2 Å². The molecule has 2 heterocycles. The highest BCUT2D eigenvalue weighted by molar-refractivity contribution is 5.74. The molecule has 0 saturated carbocycles. The minimum atomic E-state index is -0.500. The molecule has 9 heteroatoms. The quantitative estimate of drug-likeness (QED) is 0.587. The Bertz CT molecular complexity index is 1310. The summed E-state index contributed by atoms with van der Waals surface area (Å²) in [5, 5.41) is 9.35. The van der Waals surface area contributed by atoms with E-state index in [1.165, 1.54) is 4.57 Å². The van der Waals surface area contributed by atoms with Crippen LogP contribution < -0.4 is 21.9 Å². The summed E-state index contributed by atoms with van der Waals surface area (Å²) in [6, 6.07) is 9.00. The molecule has 9 nitrogen and oxygen atoms in total. The zero-order chi connectivity index (χ0) is 21.8. The number of imidazole rings is 1. The van der Waals surface area contributed by atoms with Crippen LogP contribution in [0.3, 0.4) is 0 Å². The Morgan fingerprint density at radius 3 is 2.63 bits per heavy atom. The van der Waals surface area contributed by atoms with Gasteiger partial charge < -0.3 is 10.6 Å². The molecule has 0 unspecified atom stereocenters. The van der Waals surface area contributed by atoms with Gasteiger partial charge in [-0.25, -0.2) is 4.79 Å². The fraction of sp³-hybridized carbons (Fsp3) is 0.333. The smallest absolute Gasteiger partial charge is 0.332 e. The Morgan fingerprint density at radius 2 is 1.97 bits per heavy atom. The molecule has 154 valence electrons. The molecule has 0 aliphatic carbocycles. The van der Waals surface area contributed by atoms with Crippen molar-refractivity contribution < 1.29 is 0 Å². The third-order valence-electron chi connectivity index (χ3n) is 4.90. The number of aryl methyl sites for hydroxylation is 1. The van der Waals surface area contributed by atoms with Crippen LogP contribution in [0.25, 0.3) is 11.2 Å². The van der Waals surface area contributed by atoms with E-state index in [-0.39, 0.29) is 24.3 Å². The molecule has 2 N–H and O–H groups in total. The highest BCUT2D eigenvalue weighted by Crippen LogP contribution is 2.18. The van der Waals surface area contributed by atoms with Crippen LogP contribution in [0.15, 0.2) is 33.9 Å². The van der Waals surface area contributed by atoms with Crippen molar-refractivity contribution in [1.82, 2.24) is 18.7 Å². The van der Waals surface area contributed by atoms with E-state index in [4.69, 9.17) is 5.73 Å². The lowest BCUT2D eigenvalue weighted by Crippen LogP contribution is -2.40. The van der Waals surface area contributed by atoms with Crippen molar-refractivity contribution in [3.8, 4) is 17.9 Å². The van der Waals surface area contributed by atoms with Gasteiger partial charge in [-0.3, -0.25) is 18.5 Å². The van der Waals surface area contributed by atoms with Gasteiger partial charge in [0, 0.05) is 27.2 Å². The third-order valence-corrected chi connectivity index (χ3v) is 4.90. The van der Waals surface area contributed by atoms with Crippen molar-refractivity contribution in [1.29, 1.82) is 5.26 Å². The SMILES string of the molecule is CC#CCn1c(N(C)CCN)nc2c1c(=O)n(Cc1ccccc1C#N)c(=O)n2C. The average Bonchev–Trinajstić information content (AvgIpc) is 3.14. The first-order valence-corrected chi connectivity index (χ1v) is 9.43. The van der Waals surface area contributed by atoms with E-state index in [0.717, 1.165) is 4.57 Å². The molecule has 1 aromatic carbocycles. The number of nitrogens with two attached hydrogens (primary N) is 1. The fourth-order valence-corrected chi connectivity index (χ4v) is 3.33. The number of rotatable bonds is 6. The van der Waals surface area contributed by atoms with Crippen molar-refractivity contribution in [2.24, 2.45) is 12.8 Å². The molecule has 0 amide bonds. The highest BCUT2D eigenvalue weighted by Gasteiger charge is 2.22. The summed E-state index contributed by atoms with van der Waals surface area (Å²) in [6.07, 6.45) is 0. The number of hydrogen-bond donors (Lipinski definition) is 1. The van der Waals surface area contributed by atoms with Crippen LogP contribution in [0.1, 0.15) is 18.1 Å². The summed E-state index contributed by atoms with van der Waals surface area (Å²) >= 11 is 0. The maximum absolute atomic E-state index is 13.4. The Hall–Kier alpha value is -3.82. The largest absolute Gasteiger partial charge is 0.344 e. The van der Waals surface area contributed by atoms with Crippen molar-refractivity contribution in [2.45, 2.75) is 20.0 Å². The van der Waals surface area contributed by atoms with Crippen molar-refractivity contribution in [2.75, 3.05) is 25.0 Å². The molecule has 0 fully saturated rings. The van der Waals surface area contributed by atoms with Crippen LogP contribution in [0.2, 0.25) is 0 Å². The molecule has 0 atom stereocenters. The molecule has 3 rings (SSSR count). The van der Waals surface area contributed by atoms with Crippen LogP contribution in [0, 0.1) is 23.2 Å². The number of anilines is 1. The molecular formula is C21H23N7O2. The van der Waals surface area contributed by atoms with Crippen LogP contribution in [-0.2, 0) is 20.1 Å². The van der Waals surface area contributed by atoms with Gasteiger partial charge in [0.2, 0.25) is 5.95 Å². The molecule has 0 saturated heterocycles. The number of nitriles is 1. The zero-order valence-corrected chi connectivity index (χ0v) is 17.2. The summed E-state index contributed by atoms with van der Waals surface area (Å²) in [4.78, 5) is 32.7. The lowest BCUT2D eigenvalue weighted by Gasteiger charge is -2.17. The van der Waals surface area contributed by atoms with Gasteiger partial charge in [-0.1, -0.05) is 24.1 Å². The molecular weight excluding hydrogens is 382 g/mol. The predicted molar refractivity (Wildman–Crippen MR) is 115 cm³/mol. The van der Waals surface area contributed by atoms with E-state index in [9.17, 15) is 14.9 Å². The summed E-state index contributed by atoms with van der Waals surface area (Å²) in [6.45, 7) is 2.90. The van der Waals surface area contributed by atoms with Crippen LogP contribution in [0.5, 0.6) is 0 Å². The van der Waals surface area contributed by atoms with Crippen molar-refractivity contribution >= 4 is 17.1 Å². The third kappa shape index (κ3) is 3.59. The van der Waals surface area contributed by atoms with Gasteiger partial charge in [0.25, 0.3) is 5.56 Å². The van der Waals surface area contributed by atoms with Gasteiger partial charge >= 0.3 is 5.69 Å². The maximum atomic E-state index is 13.4. The highest BCUT2D eigenvalue weighted by atomic mass is 16.2. The van der Waals surface area contributed by atoms with E-state index >= 15 is 0 Å². The van der Waals surface area contributed by atoms with Crippen LogP contribution >= 0.6 is 0 Å². The Morgan fingerprint density at radius 1 is 1.23 bits per heavy atom. The van der Waals surface area contributed by atoms with Crippen molar-refractivity contribution in [3.05, 3.63) is 56.2 Å². The first kappa shape index (κ1) is 20.9. The Balaban J connectivity index is 2.31. The lowest BCUT2D eigenvalue weighted by molar-refractivity contribution is 0.653. The lowest BCUT2D eigenvalue weighted by atomic mass is 10.1. The molecule has 0 aliphatic rings. The molecule has 0 spiro atoms. The van der Waals surface area contributed by atoms with Gasteiger partial charge in [0.15, 0.2) is 11.2 Å². The maximum Gasteiger partial charge on any atom is 0.332 e. The van der Waals surface area contributed by atoms with Gasteiger partial charge in [0.05, 0.1) is 24.7 Å². The summed E-state index contributed by atoms with van der Waals surface area (Å²) in [7, 11) is 3.40. The topological polar surface area (TPSA) is 115 Å². The molecule has 3 aromatic rings. The predicted octanol–water partition coefficient (Wildman–Crippen LogP) is 0.235. The Kier molecular flexibility index (Phi) is 6.05. The number of nitrogens with zero attached hydrogens (tertiary/aromatic N) is 6. The number of fused-ring (bicyclic) bond motifs is 1.